The van der Waals surface area contributed by atoms with Crippen LogP contribution in [0, 0.1) is 11.8 Å². The lowest BCUT2D eigenvalue weighted by molar-refractivity contribution is -0.133. The Labute approximate surface area is 125 Å². The van der Waals surface area contributed by atoms with Gasteiger partial charge in [-0.1, -0.05) is 33.6 Å². The molecule has 118 valence electrons. The maximum atomic E-state index is 12.1. The highest BCUT2D eigenvalue weighted by molar-refractivity contribution is 6.06. The molecule has 1 heterocycles. The van der Waals surface area contributed by atoms with Crippen LogP contribution in [-0.4, -0.2) is 41.4 Å². The van der Waals surface area contributed by atoms with E-state index in [-0.39, 0.29) is 30.3 Å². The van der Waals surface area contributed by atoms with Crippen LogP contribution in [0.3, 0.4) is 0 Å². The molecule has 1 saturated heterocycles. The van der Waals surface area contributed by atoms with E-state index in [0.717, 1.165) is 24.2 Å². The number of rotatable bonds is 4. The molecule has 0 aromatic rings. The first kappa shape index (κ1) is 15.8. The molecule has 0 bridgehead atoms. The first-order valence-electron chi connectivity index (χ1n) is 7.81. The Kier molecular flexibility index (Phi) is 4.85. The Morgan fingerprint density at radius 3 is 2.57 bits per heavy atom. The van der Waals surface area contributed by atoms with Gasteiger partial charge < -0.3 is 10.6 Å². The van der Waals surface area contributed by atoms with Gasteiger partial charge in [0, 0.05) is 6.04 Å². The smallest absolute Gasteiger partial charge is 0.325 e. The number of carbonyl (C=O) groups is 3. The average molecular weight is 295 g/mol. The predicted octanol–water partition coefficient (Wildman–Crippen LogP) is 1.26. The van der Waals surface area contributed by atoms with E-state index < -0.39 is 12.1 Å². The fourth-order valence-electron chi connectivity index (χ4n) is 3.07. The van der Waals surface area contributed by atoms with Gasteiger partial charge in [0.25, 0.3) is 5.91 Å². The second-order valence-electron chi connectivity index (χ2n) is 6.53. The van der Waals surface area contributed by atoms with Crippen LogP contribution in [0.5, 0.6) is 0 Å². The third kappa shape index (κ3) is 3.54. The molecular weight excluding hydrogens is 270 g/mol. The summed E-state index contributed by atoms with van der Waals surface area (Å²) in [5.41, 5.74) is 0. The molecule has 1 saturated carbocycles. The Morgan fingerprint density at radius 1 is 1.33 bits per heavy atom. The quantitative estimate of drug-likeness (QED) is 0.766. The van der Waals surface area contributed by atoms with E-state index in [1.807, 2.05) is 13.8 Å². The van der Waals surface area contributed by atoms with Gasteiger partial charge >= 0.3 is 6.03 Å². The first-order valence-corrected chi connectivity index (χ1v) is 7.81. The molecule has 0 spiro atoms. The standard InChI is InChI=1S/C15H25N3O3/c1-9(2)13-14(20)18(15(21)17-13)8-12(19)16-11-7-5-4-6-10(11)3/h9-11,13H,4-8H2,1-3H3,(H,16,19)(H,17,21). The Hall–Kier alpha value is -1.59. The lowest BCUT2D eigenvalue weighted by Gasteiger charge is -2.29. The maximum absolute atomic E-state index is 12.1. The van der Waals surface area contributed by atoms with E-state index in [9.17, 15) is 14.4 Å². The summed E-state index contributed by atoms with van der Waals surface area (Å²) in [5.74, 6) is -0.0782. The van der Waals surface area contributed by atoms with E-state index >= 15 is 0 Å². The highest BCUT2D eigenvalue weighted by Gasteiger charge is 2.40. The second kappa shape index (κ2) is 6.45. The highest BCUT2D eigenvalue weighted by Crippen LogP contribution is 2.23. The van der Waals surface area contributed by atoms with E-state index in [4.69, 9.17) is 0 Å². The van der Waals surface area contributed by atoms with Crippen LogP contribution in [0.25, 0.3) is 0 Å². The van der Waals surface area contributed by atoms with Crippen LogP contribution in [0.2, 0.25) is 0 Å². The predicted molar refractivity (Wildman–Crippen MR) is 78.4 cm³/mol. The number of urea groups is 1. The zero-order valence-electron chi connectivity index (χ0n) is 13.0. The number of hydrogen-bond acceptors (Lipinski definition) is 3. The van der Waals surface area contributed by atoms with E-state index in [1.165, 1.54) is 6.42 Å². The molecule has 21 heavy (non-hydrogen) atoms. The summed E-state index contributed by atoms with van der Waals surface area (Å²) < 4.78 is 0. The van der Waals surface area contributed by atoms with Crippen molar-refractivity contribution < 1.29 is 14.4 Å². The molecule has 2 aliphatic rings. The summed E-state index contributed by atoms with van der Waals surface area (Å²) in [6, 6.07) is -0.822. The van der Waals surface area contributed by atoms with Crippen molar-refractivity contribution in [3.05, 3.63) is 0 Å². The lowest BCUT2D eigenvalue weighted by atomic mass is 9.86. The van der Waals surface area contributed by atoms with Gasteiger partial charge in [-0.2, -0.15) is 0 Å². The van der Waals surface area contributed by atoms with Crippen LogP contribution >= 0.6 is 0 Å². The number of imide groups is 1. The SMILES string of the molecule is CC(C)C1NC(=O)N(CC(=O)NC2CCCCC2C)C1=O. The lowest BCUT2D eigenvalue weighted by Crippen LogP contribution is -2.47. The monoisotopic (exact) mass is 295 g/mol. The molecule has 3 unspecified atom stereocenters. The Bertz CT molecular complexity index is 436. The van der Waals surface area contributed by atoms with Gasteiger partial charge in [-0.3, -0.25) is 14.5 Å². The molecule has 1 aliphatic heterocycles. The van der Waals surface area contributed by atoms with Gasteiger partial charge in [-0.25, -0.2) is 4.79 Å². The van der Waals surface area contributed by atoms with Crippen molar-refractivity contribution in [1.29, 1.82) is 0 Å². The largest absolute Gasteiger partial charge is 0.352 e. The molecule has 3 atom stereocenters. The first-order chi connectivity index (χ1) is 9.90. The molecule has 2 N–H and O–H groups in total. The Morgan fingerprint density at radius 2 is 2.00 bits per heavy atom. The second-order valence-corrected chi connectivity index (χ2v) is 6.53. The number of hydrogen-bond donors (Lipinski definition) is 2. The molecule has 0 radical (unpaired) electrons. The number of carbonyl (C=O) groups excluding carboxylic acids is 3. The molecule has 0 aromatic heterocycles. The fraction of sp³-hybridized carbons (Fsp3) is 0.800. The molecular formula is C15H25N3O3. The molecule has 4 amide bonds. The molecule has 6 heteroatoms. The fourth-order valence-corrected chi connectivity index (χ4v) is 3.07. The third-order valence-electron chi connectivity index (χ3n) is 4.48. The highest BCUT2D eigenvalue weighted by atomic mass is 16.2. The van der Waals surface area contributed by atoms with Gasteiger partial charge in [-0.15, -0.1) is 0 Å². The zero-order chi connectivity index (χ0) is 15.6. The minimum Gasteiger partial charge on any atom is -0.352 e. The number of nitrogens with zero attached hydrogens (tertiary/aromatic N) is 1. The van der Waals surface area contributed by atoms with E-state index in [0.29, 0.717) is 5.92 Å². The van der Waals surface area contributed by atoms with Crippen molar-refractivity contribution in [3.63, 3.8) is 0 Å². The Balaban J connectivity index is 1.90. The minimum atomic E-state index is -0.515. The maximum Gasteiger partial charge on any atom is 0.325 e. The summed E-state index contributed by atoms with van der Waals surface area (Å²) in [6.45, 7) is 5.69. The van der Waals surface area contributed by atoms with Gasteiger partial charge in [-0.05, 0) is 24.7 Å². The van der Waals surface area contributed by atoms with Crippen molar-refractivity contribution in [1.82, 2.24) is 15.5 Å². The van der Waals surface area contributed by atoms with Crippen LogP contribution in [-0.2, 0) is 9.59 Å². The number of nitrogens with one attached hydrogen (secondary N) is 2. The molecule has 2 fully saturated rings. The van der Waals surface area contributed by atoms with Crippen LogP contribution in [0.15, 0.2) is 0 Å². The summed E-state index contributed by atoms with van der Waals surface area (Å²) >= 11 is 0. The van der Waals surface area contributed by atoms with E-state index in [2.05, 4.69) is 17.6 Å². The normalized spacial score (nSPS) is 29.7. The van der Waals surface area contributed by atoms with Crippen LogP contribution in [0.4, 0.5) is 4.79 Å². The third-order valence-corrected chi connectivity index (χ3v) is 4.48. The summed E-state index contributed by atoms with van der Waals surface area (Å²) in [5, 5.41) is 5.60. The molecule has 6 nitrogen and oxygen atoms in total. The van der Waals surface area contributed by atoms with Gasteiger partial charge in [0.05, 0.1) is 0 Å². The van der Waals surface area contributed by atoms with Gasteiger partial charge in [0.1, 0.15) is 12.6 Å². The summed E-state index contributed by atoms with van der Waals surface area (Å²) in [4.78, 5) is 37.0. The van der Waals surface area contributed by atoms with E-state index in [1.54, 1.807) is 0 Å². The molecule has 1 aliphatic carbocycles. The minimum absolute atomic E-state index is 0.0212. The number of amides is 4. The van der Waals surface area contributed by atoms with Crippen molar-refractivity contribution in [2.45, 2.75) is 58.5 Å². The van der Waals surface area contributed by atoms with Crippen molar-refractivity contribution in [2.75, 3.05) is 6.54 Å². The van der Waals surface area contributed by atoms with Crippen LogP contribution < -0.4 is 10.6 Å². The van der Waals surface area contributed by atoms with Crippen molar-refractivity contribution >= 4 is 17.8 Å². The van der Waals surface area contributed by atoms with Crippen molar-refractivity contribution in [2.24, 2.45) is 11.8 Å². The summed E-state index contributed by atoms with van der Waals surface area (Å²) in [6.07, 6.45) is 4.41. The topological polar surface area (TPSA) is 78.5 Å². The van der Waals surface area contributed by atoms with Gasteiger partial charge in [0.2, 0.25) is 5.91 Å². The molecule has 2 rings (SSSR count). The molecule has 0 aromatic carbocycles. The van der Waals surface area contributed by atoms with Crippen molar-refractivity contribution in [3.8, 4) is 0 Å². The zero-order valence-corrected chi connectivity index (χ0v) is 13.0. The van der Waals surface area contributed by atoms with Gasteiger partial charge in [0.15, 0.2) is 0 Å². The van der Waals surface area contributed by atoms with Crippen LogP contribution in [0.1, 0.15) is 46.5 Å². The average Bonchev–Trinajstić information content (AvgIpc) is 2.69. The summed E-state index contributed by atoms with van der Waals surface area (Å²) in [7, 11) is 0.